The minimum Gasteiger partial charge on any atom is -0.459 e. The van der Waals surface area contributed by atoms with Crippen molar-refractivity contribution in [2.24, 2.45) is 17.8 Å². The molecule has 0 aromatic rings. The van der Waals surface area contributed by atoms with Gasteiger partial charge in [-0.15, -0.1) is 6.58 Å². The topological polar surface area (TPSA) is 177 Å². The van der Waals surface area contributed by atoms with Gasteiger partial charge in [0.05, 0.1) is 61.4 Å². The summed E-state index contributed by atoms with van der Waals surface area (Å²) in [7, 11) is 8.95. The molecule has 3 aliphatic rings. The molecular weight excluding hydrogens is 817 g/mol. The summed E-state index contributed by atoms with van der Waals surface area (Å²) in [6.07, 6.45) is -4.11. The lowest BCUT2D eigenvalue weighted by Gasteiger charge is -2.49. The van der Waals surface area contributed by atoms with Gasteiger partial charge >= 0.3 is 5.97 Å². The molecule has 3 N–H and O–H groups in total. The highest BCUT2D eigenvalue weighted by Crippen LogP contribution is 2.41. The van der Waals surface area contributed by atoms with Crippen LogP contribution in [0, 0.1) is 17.8 Å². The molecule has 0 aromatic heterocycles. The number of hydrogen-bond donors (Lipinski definition) is 3. The summed E-state index contributed by atoms with van der Waals surface area (Å²) in [6, 6.07) is -0.573. The Morgan fingerprint density at radius 3 is 2.19 bits per heavy atom. The minimum atomic E-state index is -1.58. The molecule has 3 rings (SSSR count). The second kappa shape index (κ2) is 25.1. The van der Waals surface area contributed by atoms with Crippen LogP contribution in [0.3, 0.4) is 0 Å². The van der Waals surface area contributed by atoms with Gasteiger partial charge in [0.1, 0.15) is 30.0 Å². The Hall–Kier alpha value is -1.35. The average Bonchev–Trinajstić information content (AvgIpc) is 3.20. The van der Waals surface area contributed by atoms with E-state index in [9.17, 15) is 20.1 Å². The Morgan fingerprint density at radius 2 is 1.59 bits per heavy atom. The monoisotopic (exact) mass is 905 g/mol. The highest BCUT2D eigenvalue weighted by atomic mass is 16.7. The van der Waals surface area contributed by atoms with Crippen molar-refractivity contribution in [1.29, 1.82) is 0 Å². The minimum absolute atomic E-state index is 0.0922. The van der Waals surface area contributed by atoms with Crippen LogP contribution in [-0.2, 0) is 52.2 Å². The van der Waals surface area contributed by atoms with Crippen molar-refractivity contribution in [1.82, 2.24) is 9.80 Å². The zero-order valence-corrected chi connectivity index (χ0v) is 41.4. The van der Waals surface area contributed by atoms with Crippen molar-refractivity contribution < 1.29 is 67.5 Å². The Labute approximate surface area is 379 Å². The summed E-state index contributed by atoms with van der Waals surface area (Å²) in [5.74, 6) is -2.39. The summed E-state index contributed by atoms with van der Waals surface area (Å²) in [6.45, 7) is 25.2. The fourth-order valence-corrected chi connectivity index (χ4v) is 10.2. The molecule has 63 heavy (non-hydrogen) atoms. The fraction of sp³-hybridized carbons (Fsp3) is 0.936. The van der Waals surface area contributed by atoms with Crippen LogP contribution in [0.4, 0.5) is 0 Å². The Kier molecular flexibility index (Phi) is 22.3. The highest BCUT2D eigenvalue weighted by molar-refractivity contribution is 5.73. The van der Waals surface area contributed by atoms with E-state index >= 15 is 0 Å². The summed E-state index contributed by atoms with van der Waals surface area (Å²) in [5, 5.41) is 36.6. The largest absolute Gasteiger partial charge is 0.459 e. The Bertz CT molecular complexity index is 1360. The van der Waals surface area contributed by atoms with E-state index in [-0.39, 0.29) is 36.9 Å². The van der Waals surface area contributed by atoms with Crippen molar-refractivity contribution in [3.63, 3.8) is 0 Å². The zero-order valence-electron chi connectivity index (χ0n) is 41.4. The maximum absolute atomic E-state index is 14.6. The molecule has 0 radical (unpaired) electrons. The lowest BCUT2D eigenvalue weighted by molar-refractivity contribution is -0.321. The van der Waals surface area contributed by atoms with Crippen molar-refractivity contribution >= 4 is 5.97 Å². The van der Waals surface area contributed by atoms with Crippen molar-refractivity contribution in [2.45, 2.75) is 192 Å². The summed E-state index contributed by atoms with van der Waals surface area (Å²) in [4.78, 5) is 18.6. The predicted molar refractivity (Wildman–Crippen MR) is 239 cm³/mol. The molecule has 18 atom stereocenters. The van der Waals surface area contributed by atoms with Gasteiger partial charge in [-0.1, -0.05) is 26.8 Å². The van der Waals surface area contributed by atoms with Crippen LogP contribution in [-0.4, -0.2) is 196 Å². The smallest absolute Gasteiger partial charge is 0.311 e. The molecule has 3 saturated heterocycles. The van der Waals surface area contributed by atoms with Crippen molar-refractivity contribution in [3.05, 3.63) is 12.7 Å². The van der Waals surface area contributed by atoms with Crippen LogP contribution in [0.2, 0.25) is 0 Å². The van der Waals surface area contributed by atoms with Gasteiger partial charge in [-0.3, -0.25) is 4.79 Å². The number of hydrogen-bond acceptors (Lipinski definition) is 16. The van der Waals surface area contributed by atoms with E-state index < -0.39 is 89.9 Å². The third kappa shape index (κ3) is 14.8. The van der Waals surface area contributed by atoms with Crippen LogP contribution in [0.25, 0.3) is 0 Å². The quantitative estimate of drug-likeness (QED) is 0.101. The first-order valence-electron chi connectivity index (χ1n) is 23.3. The highest BCUT2D eigenvalue weighted by Gasteiger charge is 2.53. The van der Waals surface area contributed by atoms with Gasteiger partial charge in [-0.25, -0.2) is 0 Å². The number of esters is 1. The summed E-state index contributed by atoms with van der Waals surface area (Å²) < 4.78 is 62.5. The van der Waals surface area contributed by atoms with Gasteiger partial charge in [0.2, 0.25) is 0 Å². The molecule has 3 aliphatic heterocycles. The van der Waals surface area contributed by atoms with Gasteiger partial charge in [0.25, 0.3) is 0 Å². The second-order valence-electron chi connectivity index (χ2n) is 19.6. The maximum Gasteiger partial charge on any atom is 0.311 e. The van der Waals surface area contributed by atoms with Crippen LogP contribution in [0.5, 0.6) is 0 Å². The lowest BCUT2D eigenvalue weighted by Crippen LogP contribution is -2.61. The van der Waals surface area contributed by atoms with Crippen LogP contribution in [0.15, 0.2) is 12.7 Å². The molecular formula is C47H88N2O14. The summed E-state index contributed by atoms with van der Waals surface area (Å²) >= 11 is 0. The molecule has 0 spiro atoms. The number of cyclic esters (lactones) is 1. The molecule has 0 aromatic carbocycles. The maximum atomic E-state index is 14.6. The van der Waals surface area contributed by atoms with Gasteiger partial charge in [-0.2, -0.15) is 0 Å². The molecule has 0 unspecified atom stereocenters. The number of carbonyl (C=O) groups is 1. The number of ether oxygens (including phenoxy) is 10. The number of nitrogens with zero attached hydrogens (tertiary/aromatic N) is 2. The first kappa shape index (κ1) is 56.0. The van der Waals surface area contributed by atoms with E-state index in [1.165, 1.54) is 0 Å². The average molecular weight is 905 g/mol. The molecule has 0 amide bonds. The molecule has 0 bridgehead atoms. The Balaban J connectivity index is 2.05. The van der Waals surface area contributed by atoms with Gasteiger partial charge in [-0.05, 0) is 101 Å². The standard InChI is InChI=1S/C47H88N2O14/c1-17-20-56-23-24-57-21-19-22-58-42-34(8)60-37(27-46(42,10)55-16)62-39-31(5)40(63-44-38(50)35(48(12)13)25-30(4)59-44)45(9,52)26-29(3)28-49(14)33(7)41(54-15)47(11,53)36(18-2)61-43(51)32(39)6/h17,29-42,44,50,52-53H,1,18-28H2,2-16H3/t29-,30-,31+,32-,33-,34+,35+,36-,37+,38-,39+,40-,41-,42+,44+,45-,46-,47-/m1/s1. The van der Waals surface area contributed by atoms with Crippen molar-refractivity contribution in [2.75, 3.05) is 74.9 Å². The number of likely N-dealkylation sites (N-methyl/N-ethyl adjacent to an activating group) is 2. The number of rotatable bonds is 18. The molecule has 3 fully saturated rings. The van der Waals surface area contributed by atoms with E-state index in [2.05, 4.69) is 18.4 Å². The van der Waals surface area contributed by atoms with Crippen LogP contribution < -0.4 is 0 Å². The molecule has 370 valence electrons. The number of methoxy groups -OCH3 is 2. The first-order chi connectivity index (χ1) is 29.5. The van der Waals surface area contributed by atoms with Crippen molar-refractivity contribution in [3.8, 4) is 0 Å². The number of aliphatic hydroxyl groups excluding tert-OH is 1. The van der Waals surface area contributed by atoms with Crippen LogP contribution in [0.1, 0.15) is 101 Å². The fourth-order valence-electron chi connectivity index (χ4n) is 10.2. The van der Waals surface area contributed by atoms with Gasteiger partial charge in [0, 0.05) is 58.4 Å². The zero-order chi connectivity index (χ0) is 47.4. The molecule has 0 saturated carbocycles. The first-order valence-corrected chi connectivity index (χ1v) is 23.3. The van der Waals surface area contributed by atoms with E-state index in [0.717, 1.165) is 0 Å². The van der Waals surface area contributed by atoms with E-state index in [0.29, 0.717) is 58.8 Å². The number of aliphatic hydroxyl groups is 3. The summed E-state index contributed by atoms with van der Waals surface area (Å²) in [5.41, 5.74) is -3.97. The normalized spacial score (nSPS) is 43.0. The second-order valence-corrected chi connectivity index (χ2v) is 19.6. The van der Waals surface area contributed by atoms with E-state index in [4.69, 9.17) is 47.4 Å². The predicted octanol–water partition coefficient (Wildman–Crippen LogP) is 4.19. The number of carbonyl (C=O) groups excluding carboxylic acids is 1. The van der Waals surface area contributed by atoms with Crippen LogP contribution >= 0.6 is 0 Å². The molecule has 3 heterocycles. The molecule has 0 aliphatic carbocycles. The van der Waals surface area contributed by atoms with E-state index in [1.807, 2.05) is 67.6 Å². The SMILES string of the molecule is C=CCOCCOCCCO[C@H]1[C@H](C)O[C@@H](O[C@H]2[C@H](C)[C@@H](O[C@@H]3O[C@H](C)C[C@H](N(C)C)[C@H]3O)[C@](C)(O)C[C@@H](C)CN(C)[C@H](C)[C@@H](OC)[C@](C)(O)[C@@H](CC)OC(=O)[C@@H]2C)C[C@@]1(C)OC. The van der Waals surface area contributed by atoms with E-state index in [1.54, 1.807) is 41.1 Å². The van der Waals surface area contributed by atoms with Gasteiger partial charge in [0.15, 0.2) is 12.6 Å². The third-order valence-corrected chi connectivity index (χ3v) is 13.7. The lowest BCUT2D eigenvalue weighted by atomic mass is 9.77. The van der Waals surface area contributed by atoms with Gasteiger partial charge < -0.3 is 72.5 Å². The molecule has 16 nitrogen and oxygen atoms in total. The molecule has 16 heteroatoms. The third-order valence-electron chi connectivity index (χ3n) is 13.7. The Morgan fingerprint density at radius 1 is 0.921 bits per heavy atom.